The van der Waals surface area contributed by atoms with Crippen LogP contribution in [0.2, 0.25) is 0 Å². The fourth-order valence-corrected chi connectivity index (χ4v) is 4.07. The average Bonchev–Trinajstić information content (AvgIpc) is 3.05. The van der Waals surface area contributed by atoms with Crippen molar-refractivity contribution in [1.82, 2.24) is 9.55 Å². The van der Waals surface area contributed by atoms with E-state index in [0.29, 0.717) is 41.9 Å². The van der Waals surface area contributed by atoms with Gasteiger partial charge in [0.1, 0.15) is 0 Å². The highest BCUT2D eigenvalue weighted by atomic mass is 16.5. The van der Waals surface area contributed by atoms with Gasteiger partial charge >= 0.3 is 0 Å². The molecule has 3 aliphatic heterocycles. The molecule has 0 aliphatic carbocycles. The number of aliphatic imine (C=N–C) groups is 1. The normalized spacial score (nSPS) is 22.1. The topological polar surface area (TPSA) is 116 Å². The Kier molecular flexibility index (Phi) is 2.82. The Morgan fingerprint density at radius 3 is 2.75 bits per heavy atom. The Morgan fingerprint density at radius 2 is 1.89 bits per heavy atom. The second-order valence-corrected chi connectivity index (χ2v) is 6.90. The average molecular weight is 376 g/mol. The van der Waals surface area contributed by atoms with E-state index in [1.54, 1.807) is 10.6 Å². The van der Waals surface area contributed by atoms with Gasteiger partial charge < -0.3 is 20.5 Å². The van der Waals surface area contributed by atoms with E-state index in [1.165, 1.54) is 0 Å². The van der Waals surface area contributed by atoms with E-state index in [9.17, 15) is 4.79 Å². The Hall–Kier alpha value is -3.75. The van der Waals surface area contributed by atoms with Crippen LogP contribution in [0.4, 0.5) is 11.6 Å². The van der Waals surface area contributed by atoms with Gasteiger partial charge in [0, 0.05) is 18.1 Å². The SMILES string of the molecule is NC1=NC2(C(=O)Nc3cc4c(cc32)OCCCO4)n2c(nc3ccccc32)N1. The van der Waals surface area contributed by atoms with Crippen molar-refractivity contribution in [3.05, 3.63) is 42.0 Å². The predicted octanol–water partition coefficient (Wildman–Crippen LogP) is 1.59. The van der Waals surface area contributed by atoms with Crippen LogP contribution < -0.4 is 25.8 Å². The summed E-state index contributed by atoms with van der Waals surface area (Å²) < 4.78 is 13.4. The number of hydrogen-bond acceptors (Lipinski definition) is 7. The molecule has 0 bridgehead atoms. The van der Waals surface area contributed by atoms with E-state index in [0.717, 1.165) is 17.5 Å². The summed E-state index contributed by atoms with van der Waals surface area (Å²) in [7, 11) is 0. The minimum atomic E-state index is -1.40. The molecule has 0 saturated heterocycles. The number of rotatable bonds is 0. The number of para-hydroxylation sites is 2. The Labute approximate surface area is 159 Å². The van der Waals surface area contributed by atoms with Crippen LogP contribution in [0.15, 0.2) is 41.4 Å². The molecule has 1 aromatic heterocycles. The Balaban J connectivity index is 1.68. The number of nitrogens with zero attached hydrogens (tertiary/aromatic N) is 3. The number of guanidine groups is 1. The van der Waals surface area contributed by atoms with Gasteiger partial charge in [-0.05, 0) is 18.2 Å². The van der Waals surface area contributed by atoms with Crippen LogP contribution in [0.3, 0.4) is 0 Å². The maximum absolute atomic E-state index is 13.3. The van der Waals surface area contributed by atoms with E-state index >= 15 is 0 Å². The quantitative estimate of drug-likeness (QED) is 0.549. The van der Waals surface area contributed by atoms with Crippen molar-refractivity contribution in [3.63, 3.8) is 0 Å². The van der Waals surface area contributed by atoms with E-state index in [-0.39, 0.29) is 11.9 Å². The number of nitrogens with two attached hydrogens (primary N) is 1. The molecule has 1 spiro atoms. The summed E-state index contributed by atoms with van der Waals surface area (Å²) in [6.07, 6.45) is 0.794. The van der Waals surface area contributed by atoms with Crippen LogP contribution in [0.1, 0.15) is 12.0 Å². The summed E-state index contributed by atoms with van der Waals surface area (Å²) in [5.41, 5.74) is 7.44. The number of hydrogen-bond donors (Lipinski definition) is 3. The lowest BCUT2D eigenvalue weighted by molar-refractivity contribution is -0.121. The lowest BCUT2D eigenvalue weighted by Crippen LogP contribution is -2.47. The molecule has 0 radical (unpaired) electrons. The van der Waals surface area contributed by atoms with Crippen LogP contribution in [0.25, 0.3) is 11.0 Å². The first-order valence-corrected chi connectivity index (χ1v) is 9.03. The Bertz CT molecular complexity index is 1200. The van der Waals surface area contributed by atoms with E-state index in [4.69, 9.17) is 15.2 Å². The molecule has 3 aliphatic rings. The van der Waals surface area contributed by atoms with Crippen molar-refractivity contribution in [3.8, 4) is 11.5 Å². The summed E-state index contributed by atoms with van der Waals surface area (Å²) in [5, 5.41) is 5.90. The van der Waals surface area contributed by atoms with Gasteiger partial charge in [0.2, 0.25) is 11.6 Å². The Morgan fingerprint density at radius 1 is 1.11 bits per heavy atom. The maximum Gasteiger partial charge on any atom is 0.278 e. The minimum Gasteiger partial charge on any atom is -0.490 e. The first-order valence-electron chi connectivity index (χ1n) is 9.03. The number of nitrogens with one attached hydrogen (secondary N) is 2. The highest BCUT2D eigenvalue weighted by Crippen LogP contribution is 2.49. The van der Waals surface area contributed by atoms with Crippen molar-refractivity contribution in [2.45, 2.75) is 12.1 Å². The first kappa shape index (κ1) is 15.3. The van der Waals surface area contributed by atoms with Gasteiger partial charge in [-0.2, -0.15) is 0 Å². The molecule has 2 aromatic carbocycles. The molecular weight excluding hydrogens is 360 g/mol. The summed E-state index contributed by atoms with van der Waals surface area (Å²) in [6, 6.07) is 11.2. The molecule has 1 atom stereocenters. The highest BCUT2D eigenvalue weighted by molar-refractivity contribution is 6.11. The molecule has 6 rings (SSSR count). The molecular formula is C19H16N6O3. The van der Waals surface area contributed by atoms with Crippen molar-refractivity contribution in [2.75, 3.05) is 23.8 Å². The number of benzene rings is 2. The number of imidazole rings is 1. The molecule has 0 saturated carbocycles. The number of carbonyl (C=O) groups is 1. The molecule has 9 heteroatoms. The summed E-state index contributed by atoms with van der Waals surface area (Å²) in [6.45, 7) is 1.11. The number of ether oxygens (including phenoxy) is 2. The summed E-state index contributed by atoms with van der Waals surface area (Å²) >= 11 is 0. The monoisotopic (exact) mass is 376 g/mol. The van der Waals surface area contributed by atoms with Crippen molar-refractivity contribution in [1.29, 1.82) is 0 Å². The molecule has 28 heavy (non-hydrogen) atoms. The molecule has 140 valence electrons. The van der Waals surface area contributed by atoms with E-state index in [2.05, 4.69) is 20.6 Å². The second-order valence-electron chi connectivity index (χ2n) is 6.90. The fraction of sp³-hybridized carbons (Fsp3) is 0.211. The lowest BCUT2D eigenvalue weighted by atomic mass is 9.99. The highest BCUT2D eigenvalue weighted by Gasteiger charge is 2.53. The third-order valence-corrected chi connectivity index (χ3v) is 5.23. The molecule has 1 unspecified atom stereocenters. The lowest BCUT2D eigenvalue weighted by Gasteiger charge is -2.31. The minimum absolute atomic E-state index is 0.123. The molecule has 4 N–H and O–H groups in total. The van der Waals surface area contributed by atoms with E-state index < -0.39 is 5.66 Å². The van der Waals surface area contributed by atoms with Crippen LogP contribution >= 0.6 is 0 Å². The number of anilines is 2. The number of carbonyl (C=O) groups excluding carboxylic acids is 1. The molecule has 4 heterocycles. The third kappa shape index (κ3) is 1.82. The molecule has 1 amide bonds. The first-order chi connectivity index (χ1) is 13.7. The molecule has 9 nitrogen and oxygen atoms in total. The van der Waals surface area contributed by atoms with Gasteiger partial charge in [0.25, 0.3) is 5.91 Å². The zero-order chi connectivity index (χ0) is 18.9. The predicted molar refractivity (Wildman–Crippen MR) is 103 cm³/mol. The second kappa shape index (κ2) is 5.16. The van der Waals surface area contributed by atoms with Crippen LogP contribution in [-0.2, 0) is 10.5 Å². The zero-order valence-electron chi connectivity index (χ0n) is 14.7. The van der Waals surface area contributed by atoms with Gasteiger partial charge in [-0.15, -0.1) is 0 Å². The van der Waals surface area contributed by atoms with Gasteiger partial charge in [0.05, 0.1) is 29.9 Å². The largest absolute Gasteiger partial charge is 0.490 e. The maximum atomic E-state index is 13.3. The van der Waals surface area contributed by atoms with Gasteiger partial charge in [-0.25, -0.2) is 9.98 Å². The number of fused-ring (bicyclic) bond motifs is 7. The smallest absolute Gasteiger partial charge is 0.278 e. The zero-order valence-corrected chi connectivity index (χ0v) is 14.7. The van der Waals surface area contributed by atoms with Gasteiger partial charge in [0.15, 0.2) is 17.5 Å². The number of aromatic nitrogens is 2. The summed E-state index contributed by atoms with van der Waals surface area (Å²) in [5.74, 6) is 1.47. The molecule has 3 aromatic rings. The van der Waals surface area contributed by atoms with E-state index in [1.807, 2.05) is 30.3 Å². The van der Waals surface area contributed by atoms with Crippen LogP contribution in [0, 0.1) is 0 Å². The third-order valence-electron chi connectivity index (χ3n) is 5.23. The van der Waals surface area contributed by atoms with Crippen molar-refractivity contribution < 1.29 is 14.3 Å². The van der Waals surface area contributed by atoms with Crippen LogP contribution in [-0.4, -0.2) is 34.6 Å². The summed E-state index contributed by atoms with van der Waals surface area (Å²) in [4.78, 5) is 22.5. The van der Waals surface area contributed by atoms with Crippen molar-refractivity contribution in [2.24, 2.45) is 10.7 Å². The van der Waals surface area contributed by atoms with Gasteiger partial charge in [-0.3, -0.25) is 14.7 Å². The standard InChI is InChI=1S/C19H16N6O3/c20-17-23-18-22-11-4-1-2-5-13(11)25(18)19(24-17)10-8-14-15(28-7-3-6-27-14)9-12(10)21-16(19)26/h1-2,4-5,8-9H,3,6-7H2,(H,21,26)(H3,20,22,23,24). The van der Waals surface area contributed by atoms with Crippen LogP contribution in [0.5, 0.6) is 11.5 Å². The van der Waals surface area contributed by atoms with Crippen molar-refractivity contribution >= 4 is 34.5 Å². The molecule has 0 fully saturated rings. The number of amides is 1. The van der Waals surface area contributed by atoms with Gasteiger partial charge in [-0.1, -0.05) is 12.1 Å². The fourth-order valence-electron chi connectivity index (χ4n) is 4.07.